The molecule has 19 heavy (non-hydrogen) atoms. The van der Waals surface area contributed by atoms with Gasteiger partial charge in [0.25, 0.3) is 0 Å². The summed E-state index contributed by atoms with van der Waals surface area (Å²) in [6.45, 7) is 0. The normalized spacial score (nSPS) is 23.1. The van der Waals surface area contributed by atoms with Crippen molar-refractivity contribution in [1.29, 1.82) is 0 Å². The first-order valence-electron chi connectivity index (χ1n) is 6.74. The number of halogens is 1. The van der Waals surface area contributed by atoms with Crippen LogP contribution < -0.4 is 0 Å². The Morgan fingerprint density at radius 2 is 2.05 bits per heavy atom. The number of aliphatic hydroxyl groups excluding tert-OH is 1. The van der Waals surface area contributed by atoms with Gasteiger partial charge in [0.1, 0.15) is 5.82 Å². The largest absolute Gasteiger partial charge is 0.393 e. The molecule has 1 amide bonds. The van der Waals surface area contributed by atoms with Crippen molar-refractivity contribution >= 4 is 5.91 Å². The minimum absolute atomic E-state index is 0.00647. The Morgan fingerprint density at radius 3 is 2.68 bits per heavy atom. The predicted octanol–water partition coefficient (Wildman–Crippen LogP) is 2.13. The van der Waals surface area contributed by atoms with Gasteiger partial charge in [-0.2, -0.15) is 0 Å². The monoisotopic (exact) mass is 265 g/mol. The average Bonchev–Trinajstić information content (AvgIpc) is 2.39. The molecule has 1 aromatic rings. The second kappa shape index (κ2) is 6.15. The van der Waals surface area contributed by atoms with Crippen molar-refractivity contribution in [2.45, 2.75) is 44.2 Å². The van der Waals surface area contributed by atoms with Crippen molar-refractivity contribution in [3.8, 4) is 0 Å². The van der Waals surface area contributed by atoms with Gasteiger partial charge in [0.05, 0.1) is 12.5 Å². The molecule has 0 atom stereocenters. The van der Waals surface area contributed by atoms with Gasteiger partial charge in [-0.25, -0.2) is 4.39 Å². The molecule has 1 fully saturated rings. The van der Waals surface area contributed by atoms with Crippen LogP contribution in [0.15, 0.2) is 24.3 Å². The van der Waals surface area contributed by atoms with Gasteiger partial charge in [-0.1, -0.05) is 12.1 Å². The summed E-state index contributed by atoms with van der Waals surface area (Å²) in [5, 5.41) is 9.47. The molecule has 0 radical (unpaired) electrons. The summed E-state index contributed by atoms with van der Waals surface area (Å²) in [5.74, 6) is -0.305. The molecule has 0 bridgehead atoms. The molecule has 2 rings (SSSR count). The summed E-state index contributed by atoms with van der Waals surface area (Å²) in [5.41, 5.74) is 0.702. The standard InChI is InChI=1S/C15H20FNO2/c1-17(13-5-7-14(18)8-6-13)15(19)10-11-3-2-4-12(16)9-11/h2-4,9,13-14,18H,5-8,10H2,1H3. The number of benzene rings is 1. The number of rotatable bonds is 3. The lowest BCUT2D eigenvalue weighted by atomic mass is 9.92. The molecule has 1 aliphatic rings. The first-order chi connectivity index (χ1) is 9.06. The Labute approximate surface area is 113 Å². The minimum atomic E-state index is -0.311. The smallest absolute Gasteiger partial charge is 0.226 e. The number of amides is 1. The van der Waals surface area contributed by atoms with Crippen molar-refractivity contribution < 1.29 is 14.3 Å². The van der Waals surface area contributed by atoms with Crippen LogP contribution in [0.25, 0.3) is 0 Å². The predicted molar refractivity (Wildman–Crippen MR) is 71.1 cm³/mol. The van der Waals surface area contributed by atoms with E-state index in [4.69, 9.17) is 0 Å². The number of hydrogen-bond donors (Lipinski definition) is 1. The van der Waals surface area contributed by atoms with Crippen LogP contribution in [0.2, 0.25) is 0 Å². The second-order valence-electron chi connectivity index (χ2n) is 5.27. The van der Waals surface area contributed by atoms with Gasteiger partial charge in [-0.05, 0) is 43.4 Å². The molecule has 0 spiro atoms. The van der Waals surface area contributed by atoms with Crippen LogP contribution in [0.4, 0.5) is 4.39 Å². The number of carbonyl (C=O) groups excluding carboxylic acids is 1. The lowest BCUT2D eigenvalue weighted by Crippen LogP contribution is -2.41. The lowest BCUT2D eigenvalue weighted by molar-refractivity contribution is -0.132. The van der Waals surface area contributed by atoms with E-state index in [1.165, 1.54) is 12.1 Å². The van der Waals surface area contributed by atoms with Crippen LogP contribution in [-0.2, 0) is 11.2 Å². The molecule has 1 N–H and O–H groups in total. The van der Waals surface area contributed by atoms with E-state index >= 15 is 0 Å². The first kappa shape index (κ1) is 14.0. The van der Waals surface area contributed by atoms with Gasteiger partial charge < -0.3 is 10.0 Å². The van der Waals surface area contributed by atoms with Gasteiger partial charge in [0, 0.05) is 13.1 Å². The Kier molecular flexibility index (Phi) is 4.53. The molecule has 3 nitrogen and oxygen atoms in total. The third kappa shape index (κ3) is 3.77. The fourth-order valence-corrected chi connectivity index (χ4v) is 2.60. The number of nitrogens with zero attached hydrogens (tertiary/aromatic N) is 1. The van der Waals surface area contributed by atoms with Crippen molar-refractivity contribution in [1.82, 2.24) is 4.90 Å². The van der Waals surface area contributed by atoms with Gasteiger partial charge in [0.15, 0.2) is 0 Å². The third-order valence-electron chi connectivity index (χ3n) is 3.85. The molecule has 0 heterocycles. The minimum Gasteiger partial charge on any atom is -0.393 e. The van der Waals surface area contributed by atoms with Crippen LogP contribution in [0.3, 0.4) is 0 Å². The maximum absolute atomic E-state index is 13.1. The maximum Gasteiger partial charge on any atom is 0.226 e. The van der Waals surface area contributed by atoms with E-state index < -0.39 is 0 Å². The van der Waals surface area contributed by atoms with E-state index in [0.29, 0.717) is 5.56 Å². The van der Waals surface area contributed by atoms with E-state index in [-0.39, 0.29) is 30.3 Å². The third-order valence-corrected chi connectivity index (χ3v) is 3.85. The maximum atomic E-state index is 13.1. The molecule has 1 aromatic carbocycles. The molecule has 0 aromatic heterocycles. The van der Waals surface area contributed by atoms with E-state index in [9.17, 15) is 14.3 Å². The highest BCUT2D eigenvalue weighted by Crippen LogP contribution is 2.22. The molecular formula is C15H20FNO2. The van der Waals surface area contributed by atoms with Crippen molar-refractivity contribution in [2.75, 3.05) is 7.05 Å². The van der Waals surface area contributed by atoms with E-state index in [2.05, 4.69) is 0 Å². The van der Waals surface area contributed by atoms with Gasteiger partial charge in [-0.3, -0.25) is 4.79 Å². The highest BCUT2D eigenvalue weighted by molar-refractivity contribution is 5.78. The summed E-state index contributed by atoms with van der Waals surface area (Å²) in [6, 6.07) is 6.36. The zero-order chi connectivity index (χ0) is 13.8. The SMILES string of the molecule is CN(C(=O)Cc1cccc(F)c1)C1CCC(O)CC1. The average molecular weight is 265 g/mol. The highest BCUT2D eigenvalue weighted by Gasteiger charge is 2.25. The lowest BCUT2D eigenvalue weighted by Gasteiger charge is -2.33. The topological polar surface area (TPSA) is 40.5 Å². The van der Waals surface area contributed by atoms with Crippen LogP contribution >= 0.6 is 0 Å². The molecule has 1 saturated carbocycles. The molecule has 4 heteroatoms. The van der Waals surface area contributed by atoms with E-state index in [1.54, 1.807) is 24.1 Å². The molecule has 104 valence electrons. The number of hydrogen-bond acceptors (Lipinski definition) is 2. The van der Waals surface area contributed by atoms with Crippen LogP contribution in [0.5, 0.6) is 0 Å². The Balaban J connectivity index is 1.92. The Bertz CT molecular complexity index is 442. The van der Waals surface area contributed by atoms with Crippen LogP contribution in [0, 0.1) is 5.82 Å². The van der Waals surface area contributed by atoms with Gasteiger partial charge >= 0.3 is 0 Å². The van der Waals surface area contributed by atoms with Crippen LogP contribution in [-0.4, -0.2) is 35.1 Å². The summed E-state index contributed by atoms with van der Waals surface area (Å²) < 4.78 is 13.1. The quantitative estimate of drug-likeness (QED) is 0.909. The van der Waals surface area contributed by atoms with Crippen LogP contribution in [0.1, 0.15) is 31.2 Å². The van der Waals surface area contributed by atoms with Crippen molar-refractivity contribution in [2.24, 2.45) is 0 Å². The van der Waals surface area contributed by atoms with E-state index in [0.717, 1.165) is 25.7 Å². The van der Waals surface area contributed by atoms with E-state index in [1.807, 2.05) is 0 Å². The Morgan fingerprint density at radius 1 is 1.37 bits per heavy atom. The summed E-state index contributed by atoms with van der Waals surface area (Å²) in [7, 11) is 1.80. The second-order valence-corrected chi connectivity index (χ2v) is 5.27. The summed E-state index contributed by atoms with van der Waals surface area (Å²) >= 11 is 0. The van der Waals surface area contributed by atoms with Gasteiger partial charge in [-0.15, -0.1) is 0 Å². The molecule has 1 aliphatic carbocycles. The zero-order valence-corrected chi connectivity index (χ0v) is 11.2. The molecule has 0 saturated heterocycles. The molecule has 0 unspecified atom stereocenters. The van der Waals surface area contributed by atoms with Crippen molar-refractivity contribution in [3.05, 3.63) is 35.6 Å². The fourth-order valence-electron chi connectivity index (χ4n) is 2.60. The highest BCUT2D eigenvalue weighted by atomic mass is 19.1. The molecular weight excluding hydrogens is 245 g/mol. The van der Waals surface area contributed by atoms with Crippen molar-refractivity contribution in [3.63, 3.8) is 0 Å². The fraction of sp³-hybridized carbons (Fsp3) is 0.533. The number of likely N-dealkylation sites (N-methyl/N-ethyl adjacent to an activating group) is 1. The molecule has 0 aliphatic heterocycles. The van der Waals surface area contributed by atoms with Gasteiger partial charge in [0.2, 0.25) is 5.91 Å². The zero-order valence-electron chi connectivity index (χ0n) is 11.2. The first-order valence-corrected chi connectivity index (χ1v) is 6.74. The summed E-state index contributed by atoms with van der Waals surface area (Å²) in [6.07, 6.45) is 3.19. The number of aliphatic hydroxyl groups is 1. The Hall–Kier alpha value is -1.42. The summed E-state index contributed by atoms with van der Waals surface area (Å²) in [4.78, 5) is 13.9. The number of carbonyl (C=O) groups is 1.